The van der Waals surface area contributed by atoms with E-state index in [1.807, 2.05) is 0 Å². The molecule has 1 aromatic heterocycles. The van der Waals surface area contributed by atoms with Crippen molar-refractivity contribution in [3.63, 3.8) is 0 Å². The number of rotatable bonds is 2. The van der Waals surface area contributed by atoms with E-state index < -0.39 is 0 Å². The molecule has 0 fully saturated rings. The lowest BCUT2D eigenvalue weighted by atomic mass is 9.70. The quantitative estimate of drug-likeness (QED) is 0.922. The van der Waals surface area contributed by atoms with Gasteiger partial charge < -0.3 is 9.88 Å². The van der Waals surface area contributed by atoms with Crippen molar-refractivity contribution in [3.8, 4) is 0 Å². The van der Waals surface area contributed by atoms with Crippen molar-refractivity contribution in [2.75, 3.05) is 5.32 Å². The van der Waals surface area contributed by atoms with Crippen LogP contribution in [0.1, 0.15) is 37.4 Å². The number of hydrogen-bond acceptors (Lipinski definition) is 3. The highest BCUT2D eigenvalue weighted by Gasteiger charge is 2.36. The number of benzene rings is 1. The minimum Gasteiger partial charge on any atom is -0.358 e. The zero-order chi connectivity index (χ0) is 15.0. The normalized spacial score (nSPS) is 19.9. The van der Waals surface area contributed by atoms with Crippen LogP contribution in [0.15, 0.2) is 41.5 Å². The molecule has 1 aliphatic rings. The lowest BCUT2D eigenvalue weighted by Gasteiger charge is -2.40. The fraction of sp³-hybridized carbons (Fsp3) is 0.412. The molecule has 1 heterocycles. The standard InChI is InChI=1S/C17H21N3O/c1-17(2)9-8-12-6-4-5-7-13(12)14(17)19-15-16(21)20(3)11-10-18-15/h4-7,10-11,14H,8-9H2,1-3H3,(H,18,19). The molecule has 1 atom stereocenters. The van der Waals surface area contributed by atoms with Crippen LogP contribution in [-0.4, -0.2) is 9.55 Å². The molecule has 4 heteroatoms. The predicted molar refractivity (Wildman–Crippen MR) is 84.4 cm³/mol. The van der Waals surface area contributed by atoms with Crippen molar-refractivity contribution in [1.82, 2.24) is 9.55 Å². The number of hydrogen-bond donors (Lipinski definition) is 1. The van der Waals surface area contributed by atoms with Gasteiger partial charge in [-0.1, -0.05) is 38.1 Å². The van der Waals surface area contributed by atoms with E-state index in [9.17, 15) is 4.79 Å². The summed E-state index contributed by atoms with van der Waals surface area (Å²) in [5, 5.41) is 3.39. The van der Waals surface area contributed by atoms with Gasteiger partial charge in [0.25, 0.3) is 5.56 Å². The second-order valence-corrected chi connectivity index (χ2v) is 6.46. The van der Waals surface area contributed by atoms with Gasteiger partial charge in [0.2, 0.25) is 0 Å². The summed E-state index contributed by atoms with van der Waals surface area (Å²) in [5.74, 6) is 0.426. The molecule has 21 heavy (non-hydrogen) atoms. The highest BCUT2D eigenvalue weighted by atomic mass is 16.1. The van der Waals surface area contributed by atoms with Gasteiger partial charge in [-0.05, 0) is 29.4 Å². The minimum atomic E-state index is -0.0867. The molecule has 0 saturated carbocycles. The first-order chi connectivity index (χ1) is 9.99. The number of nitrogens with zero attached hydrogens (tertiary/aromatic N) is 2. The fourth-order valence-corrected chi connectivity index (χ4v) is 3.07. The molecular weight excluding hydrogens is 262 g/mol. The van der Waals surface area contributed by atoms with Crippen molar-refractivity contribution >= 4 is 5.82 Å². The molecule has 0 spiro atoms. The van der Waals surface area contributed by atoms with Gasteiger partial charge in [-0.2, -0.15) is 0 Å². The molecule has 1 aliphatic carbocycles. The highest BCUT2D eigenvalue weighted by molar-refractivity contribution is 5.42. The average Bonchev–Trinajstić information content (AvgIpc) is 2.46. The molecule has 1 unspecified atom stereocenters. The summed E-state index contributed by atoms with van der Waals surface area (Å²) < 4.78 is 1.55. The van der Waals surface area contributed by atoms with Gasteiger partial charge in [0, 0.05) is 19.4 Å². The summed E-state index contributed by atoms with van der Waals surface area (Å²) in [4.78, 5) is 16.4. The Bertz CT molecular complexity index is 718. The maximum absolute atomic E-state index is 12.2. The Morgan fingerprint density at radius 2 is 2.10 bits per heavy atom. The van der Waals surface area contributed by atoms with Crippen LogP contribution >= 0.6 is 0 Å². The van der Waals surface area contributed by atoms with E-state index in [1.165, 1.54) is 11.1 Å². The van der Waals surface area contributed by atoms with E-state index in [0.29, 0.717) is 5.82 Å². The summed E-state index contributed by atoms with van der Waals surface area (Å²) >= 11 is 0. The second kappa shape index (κ2) is 5.02. The van der Waals surface area contributed by atoms with Crippen LogP contribution in [0.3, 0.4) is 0 Å². The monoisotopic (exact) mass is 283 g/mol. The lowest BCUT2D eigenvalue weighted by Crippen LogP contribution is -2.36. The summed E-state index contributed by atoms with van der Waals surface area (Å²) in [5.41, 5.74) is 2.64. The molecule has 1 aromatic carbocycles. The molecular formula is C17H21N3O. The van der Waals surface area contributed by atoms with Crippen LogP contribution in [0.4, 0.5) is 5.82 Å². The van der Waals surface area contributed by atoms with Crippen LogP contribution in [-0.2, 0) is 13.5 Å². The van der Waals surface area contributed by atoms with Crippen molar-refractivity contribution < 1.29 is 0 Å². The molecule has 0 radical (unpaired) electrons. The first kappa shape index (κ1) is 13.9. The zero-order valence-electron chi connectivity index (χ0n) is 12.8. The highest BCUT2D eigenvalue weighted by Crippen LogP contribution is 2.44. The number of aryl methyl sites for hydroxylation is 2. The van der Waals surface area contributed by atoms with Crippen LogP contribution in [0.5, 0.6) is 0 Å². The van der Waals surface area contributed by atoms with Gasteiger partial charge in [0.15, 0.2) is 5.82 Å². The van der Waals surface area contributed by atoms with Crippen LogP contribution in [0.25, 0.3) is 0 Å². The summed E-state index contributed by atoms with van der Waals surface area (Å²) in [6, 6.07) is 8.57. The van der Waals surface area contributed by atoms with E-state index in [0.717, 1.165) is 12.8 Å². The Morgan fingerprint density at radius 3 is 2.90 bits per heavy atom. The molecule has 2 aromatic rings. The number of nitrogens with one attached hydrogen (secondary N) is 1. The third kappa shape index (κ3) is 2.46. The molecule has 0 bridgehead atoms. The Hall–Kier alpha value is -2.10. The van der Waals surface area contributed by atoms with Crippen LogP contribution < -0.4 is 10.9 Å². The van der Waals surface area contributed by atoms with E-state index in [2.05, 4.69) is 48.4 Å². The third-order valence-electron chi connectivity index (χ3n) is 4.48. The molecule has 0 aliphatic heterocycles. The molecule has 110 valence electrons. The number of anilines is 1. The van der Waals surface area contributed by atoms with E-state index in [1.54, 1.807) is 24.0 Å². The van der Waals surface area contributed by atoms with Crippen molar-refractivity contribution in [1.29, 1.82) is 0 Å². The average molecular weight is 283 g/mol. The predicted octanol–water partition coefficient (Wildman–Crippen LogP) is 2.91. The minimum absolute atomic E-state index is 0.0802. The maximum Gasteiger partial charge on any atom is 0.293 e. The Balaban J connectivity index is 2.04. The summed E-state index contributed by atoms with van der Waals surface area (Å²) in [6.45, 7) is 4.49. The molecule has 0 saturated heterocycles. The van der Waals surface area contributed by atoms with Crippen LogP contribution in [0.2, 0.25) is 0 Å². The SMILES string of the molecule is Cn1ccnc(NC2c3ccccc3CCC2(C)C)c1=O. The van der Waals surface area contributed by atoms with Gasteiger partial charge in [-0.3, -0.25) is 4.79 Å². The summed E-state index contributed by atoms with van der Waals surface area (Å²) in [7, 11) is 1.75. The smallest absolute Gasteiger partial charge is 0.293 e. The lowest BCUT2D eigenvalue weighted by molar-refractivity contribution is 0.264. The summed E-state index contributed by atoms with van der Waals surface area (Å²) in [6.07, 6.45) is 5.51. The van der Waals surface area contributed by atoms with Crippen molar-refractivity contribution in [3.05, 3.63) is 58.1 Å². The van der Waals surface area contributed by atoms with Gasteiger partial charge in [0.05, 0.1) is 6.04 Å². The second-order valence-electron chi connectivity index (χ2n) is 6.46. The van der Waals surface area contributed by atoms with E-state index in [-0.39, 0.29) is 17.0 Å². The van der Waals surface area contributed by atoms with Gasteiger partial charge >= 0.3 is 0 Å². The Kier molecular flexibility index (Phi) is 3.32. The third-order valence-corrected chi connectivity index (χ3v) is 4.48. The van der Waals surface area contributed by atoms with Gasteiger partial charge in [-0.25, -0.2) is 4.98 Å². The largest absolute Gasteiger partial charge is 0.358 e. The zero-order valence-corrected chi connectivity index (χ0v) is 12.8. The van der Waals surface area contributed by atoms with Crippen molar-refractivity contribution in [2.45, 2.75) is 32.7 Å². The number of fused-ring (bicyclic) bond motifs is 1. The van der Waals surface area contributed by atoms with Crippen molar-refractivity contribution in [2.24, 2.45) is 12.5 Å². The van der Waals surface area contributed by atoms with Gasteiger partial charge in [-0.15, -0.1) is 0 Å². The first-order valence-corrected chi connectivity index (χ1v) is 7.35. The van der Waals surface area contributed by atoms with E-state index in [4.69, 9.17) is 0 Å². The van der Waals surface area contributed by atoms with E-state index >= 15 is 0 Å². The topological polar surface area (TPSA) is 46.9 Å². The Morgan fingerprint density at radius 1 is 1.33 bits per heavy atom. The molecule has 3 rings (SSSR count). The Labute approximate surface area is 124 Å². The fourth-order valence-electron chi connectivity index (χ4n) is 3.07. The maximum atomic E-state index is 12.2. The molecule has 1 N–H and O–H groups in total. The first-order valence-electron chi connectivity index (χ1n) is 7.35. The molecule has 0 amide bonds. The van der Waals surface area contributed by atoms with Gasteiger partial charge in [0.1, 0.15) is 0 Å². The molecule has 4 nitrogen and oxygen atoms in total. The number of aromatic nitrogens is 2. The van der Waals surface area contributed by atoms with Crippen LogP contribution in [0, 0.1) is 5.41 Å².